The maximum Gasteiger partial charge on any atom is 0.187 e. The van der Waals surface area contributed by atoms with Crippen molar-refractivity contribution in [2.45, 2.75) is 84.7 Å². The smallest absolute Gasteiger partial charge is 0.187 e. The van der Waals surface area contributed by atoms with Crippen LogP contribution < -0.4 is 0 Å². The fraction of sp³-hybridized carbons (Fsp3) is 1.00. The lowest BCUT2D eigenvalue weighted by Gasteiger charge is -2.73. The lowest BCUT2D eigenvalue weighted by Crippen LogP contribution is -2.78. The van der Waals surface area contributed by atoms with E-state index in [9.17, 15) is 0 Å². The van der Waals surface area contributed by atoms with Crippen LogP contribution in [-0.2, 0) is 14.2 Å². The highest BCUT2D eigenvalue weighted by atomic mass is 16.7. The van der Waals surface area contributed by atoms with Gasteiger partial charge in [-0.15, -0.1) is 0 Å². The second kappa shape index (κ2) is 5.19. The van der Waals surface area contributed by atoms with E-state index in [1.165, 1.54) is 32.1 Å². The largest absolute Gasteiger partial charge is 0.370 e. The van der Waals surface area contributed by atoms with Gasteiger partial charge in [-0.05, 0) is 74.5 Å². The number of rotatable bonds is 4. The summed E-state index contributed by atoms with van der Waals surface area (Å²) in [6, 6.07) is 0. The molecule has 132 valence electrons. The molecule has 0 N–H and O–H groups in total. The summed E-state index contributed by atoms with van der Waals surface area (Å²) in [7, 11) is 0. The van der Waals surface area contributed by atoms with E-state index in [1.807, 2.05) is 6.92 Å². The van der Waals surface area contributed by atoms with Gasteiger partial charge in [-0.2, -0.15) is 0 Å². The first-order valence-corrected chi connectivity index (χ1v) is 9.77. The van der Waals surface area contributed by atoms with Gasteiger partial charge in [-0.25, -0.2) is 0 Å². The maximum absolute atomic E-state index is 6.52. The van der Waals surface area contributed by atoms with E-state index in [0.717, 1.165) is 12.5 Å². The maximum atomic E-state index is 6.52. The summed E-state index contributed by atoms with van der Waals surface area (Å²) >= 11 is 0. The third-order valence-electron chi connectivity index (χ3n) is 7.75. The van der Waals surface area contributed by atoms with Crippen LogP contribution in [0.2, 0.25) is 0 Å². The molecule has 0 aromatic rings. The van der Waals surface area contributed by atoms with Gasteiger partial charge in [0.25, 0.3) is 0 Å². The summed E-state index contributed by atoms with van der Waals surface area (Å²) in [5, 5.41) is 0. The van der Waals surface area contributed by atoms with Crippen molar-refractivity contribution in [3.05, 3.63) is 0 Å². The zero-order chi connectivity index (χ0) is 16.5. The van der Waals surface area contributed by atoms with Crippen LogP contribution in [0.25, 0.3) is 0 Å². The molecule has 4 bridgehead atoms. The van der Waals surface area contributed by atoms with E-state index in [4.69, 9.17) is 14.2 Å². The summed E-state index contributed by atoms with van der Waals surface area (Å²) in [4.78, 5) is 0. The van der Waals surface area contributed by atoms with Crippen LogP contribution in [0.5, 0.6) is 0 Å². The van der Waals surface area contributed by atoms with Gasteiger partial charge >= 0.3 is 0 Å². The number of ether oxygens (including phenoxy) is 3. The molecule has 5 fully saturated rings. The molecular formula is C20H34O3. The summed E-state index contributed by atoms with van der Waals surface area (Å²) in [5.41, 5.74) is 0.876. The summed E-state index contributed by atoms with van der Waals surface area (Å²) in [6.07, 6.45) is 6.79. The van der Waals surface area contributed by atoms with Crippen LogP contribution in [0.4, 0.5) is 0 Å². The predicted octanol–water partition coefficient (Wildman–Crippen LogP) is 4.40. The third kappa shape index (κ3) is 2.05. The molecule has 0 aromatic carbocycles. The molecule has 5 rings (SSSR count). The Morgan fingerprint density at radius 3 is 2.09 bits per heavy atom. The lowest BCUT2D eigenvalue weighted by molar-refractivity contribution is -0.435. The van der Waals surface area contributed by atoms with E-state index in [1.54, 1.807) is 0 Å². The highest BCUT2D eigenvalue weighted by molar-refractivity contribution is 5.20. The minimum atomic E-state index is -0.136. The van der Waals surface area contributed by atoms with Crippen molar-refractivity contribution in [1.82, 2.24) is 0 Å². The molecule has 4 saturated carbocycles. The van der Waals surface area contributed by atoms with Crippen molar-refractivity contribution in [2.75, 3.05) is 13.2 Å². The fourth-order valence-electron chi connectivity index (χ4n) is 6.72. The van der Waals surface area contributed by atoms with Crippen molar-refractivity contribution < 1.29 is 14.2 Å². The molecule has 7 atom stereocenters. The molecule has 3 nitrogen and oxygen atoms in total. The Morgan fingerprint density at radius 2 is 1.57 bits per heavy atom. The van der Waals surface area contributed by atoms with Crippen LogP contribution in [-0.4, -0.2) is 31.2 Å². The lowest BCUT2D eigenvalue weighted by atomic mass is 9.38. The van der Waals surface area contributed by atoms with E-state index in [2.05, 4.69) is 27.7 Å². The van der Waals surface area contributed by atoms with Gasteiger partial charge in [0, 0.05) is 13.2 Å². The molecule has 4 aliphatic carbocycles. The molecule has 1 aliphatic heterocycles. The van der Waals surface area contributed by atoms with Crippen molar-refractivity contribution in [1.29, 1.82) is 0 Å². The van der Waals surface area contributed by atoms with Gasteiger partial charge in [0.05, 0.1) is 0 Å². The van der Waals surface area contributed by atoms with Gasteiger partial charge in [0.1, 0.15) is 11.7 Å². The molecule has 5 aliphatic rings. The summed E-state index contributed by atoms with van der Waals surface area (Å²) in [5.74, 6) is 2.25. The zero-order valence-corrected chi connectivity index (χ0v) is 15.6. The first-order valence-electron chi connectivity index (χ1n) is 9.77. The SMILES string of the molecule is CCO[C@H]1OC2([C@@H]3CC4C[C@H]2CC(C(C)(C)C)(C4)C3)[C@H]1OCC. The first kappa shape index (κ1) is 16.4. The fourth-order valence-corrected chi connectivity index (χ4v) is 6.72. The number of hydrogen-bond acceptors (Lipinski definition) is 3. The van der Waals surface area contributed by atoms with Crippen molar-refractivity contribution in [3.63, 3.8) is 0 Å². The second-order valence-corrected chi connectivity index (χ2v) is 9.55. The molecule has 0 radical (unpaired) electrons. The Balaban J connectivity index is 1.64. The van der Waals surface area contributed by atoms with Crippen molar-refractivity contribution in [2.24, 2.45) is 28.6 Å². The standard InChI is InChI=1S/C20H34O3/c1-6-21-16-17(22-7-2)23-20(16)14-8-13-9-15(20)12-19(10-13,11-14)18(3,4)5/h13-17H,6-12H2,1-5H3/t13?,14-,15+,16-,17-,19?,20?/m0/s1. The summed E-state index contributed by atoms with van der Waals surface area (Å²) < 4.78 is 18.5. The first-order chi connectivity index (χ1) is 10.9. The quantitative estimate of drug-likeness (QED) is 0.768. The Labute approximate surface area is 141 Å². The molecular weight excluding hydrogens is 288 g/mol. The Hall–Kier alpha value is -0.120. The molecule has 3 heteroatoms. The van der Waals surface area contributed by atoms with Crippen LogP contribution in [0.15, 0.2) is 0 Å². The minimum Gasteiger partial charge on any atom is -0.370 e. The molecule has 3 unspecified atom stereocenters. The van der Waals surface area contributed by atoms with E-state index >= 15 is 0 Å². The van der Waals surface area contributed by atoms with Gasteiger partial charge in [-0.1, -0.05) is 20.8 Å². The van der Waals surface area contributed by atoms with Gasteiger partial charge in [0.15, 0.2) is 6.29 Å². The summed E-state index contributed by atoms with van der Waals surface area (Å²) in [6.45, 7) is 13.0. The van der Waals surface area contributed by atoms with Crippen molar-refractivity contribution >= 4 is 0 Å². The average Bonchev–Trinajstić information content (AvgIpc) is 2.45. The Morgan fingerprint density at radius 1 is 0.957 bits per heavy atom. The molecule has 23 heavy (non-hydrogen) atoms. The van der Waals surface area contributed by atoms with Crippen LogP contribution in [0.1, 0.15) is 66.7 Å². The van der Waals surface area contributed by atoms with Gasteiger partial charge in [0.2, 0.25) is 0 Å². The minimum absolute atomic E-state index is 0.0402. The molecule has 1 spiro atoms. The molecule has 0 amide bonds. The number of hydrogen-bond donors (Lipinski definition) is 0. The molecule has 1 saturated heterocycles. The van der Waals surface area contributed by atoms with Crippen LogP contribution in [0, 0.1) is 28.6 Å². The van der Waals surface area contributed by atoms with E-state index in [-0.39, 0.29) is 18.0 Å². The van der Waals surface area contributed by atoms with Gasteiger partial charge in [-0.3, -0.25) is 0 Å². The third-order valence-corrected chi connectivity index (χ3v) is 7.75. The predicted molar refractivity (Wildman–Crippen MR) is 90.1 cm³/mol. The van der Waals surface area contributed by atoms with Crippen LogP contribution >= 0.6 is 0 Å². The van der Waals surface area contributed by atoms with Crippen molar-refractivity contribution in [3.8, 4) is 0 Å². The topological polar surface area (TPSA) is 27.7 Å². The average molecular weight is 322 g/mol. The Kier molecular flexibility index (Phi) is 3.69. The normalized spacial score (nSPS) is 51.3. The Bertz CT molecular complexity index is 450. The highest BCUT2D eigenvalue weighted by Gasteiger charge is 2.73. The zero-order valence-electron chi connectivity index (χ0n) is 15.6. The van der Waals surface area contributed by atoms with Crippen LogP contribution in [0.3, 0.4) is 0 Å². The highest BCUT2D eigenvalue weighted by Crippen LogP contribution is 2.72. The monoisotopic (exact) mass is 322 g/mol. The van der Waals surface area contributed by atoms with E-state index < -0.39 is 0 Å². The molecule has 1 heterocycles. The molecule has 0 aromatic heterocycles. The van der Waals surface area contributed by atoms with Gasteiger partial charge < -0.3 is 14.2 Å². The second-order valence-electron chi connectivity index (χ2n) is 9.55. The van der Waals surface area contributed by atoms with E-state index in [0.29, 0.717) is 29.3 Å².